The number of nitrogens with zero attached hydrogens (tertiary/aromatic N) is 4. The first kappa shape index (κ1) is 70.2. The SMILES string of the molecule is CCOC(C)=O.COc1ccc(S(=O)(=O)N(C[C@@H](O)[C@@H](N)Cc2ccccc2)CC(C)(C)CCC#N)cc1.COc1ccc(S(=O)(=O)N(C[C@@H](O)[C@H](Cc2ccccc2)NC(=O)OC(C)(C)C)CC(C)(C)CCC#N)cc1.Cl. The number of hydrogen-bond acceptors (Lipinski definition) is 15. The van der Waals surface area contributed by atoms with Gasteiger partial charge in [-0.25, -0.2) is 21.6 Å². The number of esters is 1. The highest BCUT2D eigenvalue weighted by molar-refractivity contribution is 7.89. The van der Waals surface area contributed by atoms with Gasteiger partial charge in [0.25, 0.3) is 0 Å². The molecule has 0 saturated carbocycles. The number of aliphatic hydroxyl groups is 2. The molecule has 4 rings (SSSR count). The first-order valence-corrected chi connectivity index (χ1v) is 28.3. The molecule has 0 heterocycles. The van der Waals surface area contributed by atoms with Crippen LogP contribution in [0, 0.1) is 33.5 Å². The van der Waals surface area contributed by atoms with Crippen molar-refractivity contribution >= 4 is 44.5 Å². The second-order valence-electron chi connectivity index (χ2n) is 20.9. The van der Waals surface area contributed by atoms with Gasteiger partial charge < -0.3 is 40.2 Å². The lowest BCUT2D eigenvalue weighted by atomic mass is 9.88. The highest BCUT2D eigenvalue weighted by Gasteiger charge is 2.36. The molecule has 18 nitrogen and oxygen atoms in total. The molecule has 0 spiro atoms. The lowest BCUT2D eigenvalue weighted by Gasteiger charge is -2.35. The number of methoxy groups -OCH3 is 2. The van der Waals surface area contributed by atoms with Crippen LogP contribution in [0.2, 0.25) is 0 Å². The molecule has 1 amide bonds. The summed E-state index contributed by atoms with van der Waals surface area (Å²) < 4.78 is 77.2. The summed E-state index contributed by atoms with van der Waals surface area (Å²) in [5.74, 6) is 0.853. The van der Waals surface area contributed by atoms with E-state index in [1.54, 1.807) is 52.0 Å². The molecule has 21 heteroatoms. The third-order valence-corrected chi connectivity index (χ3v) is 15.5. The monoisotopic (exact) mass is 1140 g/mol. The Bertz CT molecular complexity index is 2700. The molecule has 432 valence electrons. The van der Waals surface area contributed by atoms with Crippen LogP contribution < -0.4 is 20.5 Å². The predicted octanol–water partition coefficient (Wildman–Crippen LogP) is 8.45. The van der Waals surface area contributed by atoms with Crippen LogP contribution in [0.4, 0.5) is 4.79 Å². The van der Waals surface area contributed by atoms with Gasteiger partial charge in [0.15, 0.2) is 0 Å². The number of hydrogen-bond donors (Lipinski definition) is 4. The van der Waals surface area contributed by atoms with Crippen LogP contribution >= 0.6 is 12.4 Å². The van der Waals surface area contributed by atoms with Crippen molar-refractivity contribution in [2.24, 2.45) is 16.6 Å². The number of ether oxygens (including phenoxy) is 4. The summed E-state index contributed by atoms with van der Waals surface area (Å²) in [7, 11) is -4.95. The van der Waals surface area contributed by atoms with E-state index in [2.05, 4.69) is 22.2 Å². The fraction of sp³-hybridized carbons (Fsp3) is 0.509. The first-order chi connectivity index (χ1) is 36.0. The topological polar surface area (TPSA) is 272 Å². The number of nitrogens with one attached hydrogen (secondary N) is 1. The van der Waals surface area contributed by atoms with Gasteiger partial charge in [0, 0.05) is 52.0 Å². The van der Waals surface area contributed by atoms with Crippen molar-refractivity contribution in [3.8, 4) is 23.6 Å². The van der Waals surface area contributed by atoms with Crippen molar-refractivity contribution in [3.05, 3.63) is 120 Å². The average Bonchev–Trinajstić information content (AvgIpc) is 3.37. The molecule has 0 radical (unpaired) electrons. The van der Waals surface area contributed by atoms with Gasteiger partial charge in [0.2, 0.25) is 20.0 Å². The Morgan fingerprint density at radius 3 is 1.37 bits per heavy atom. The number of halogens is 1. The molecular formula is C57H83ClN6O12S2. The minimum absolute atomic E-state index is 0. The van der Waals surface area contributed by atoms with Crippen molar-refractivity contribution in [1.29, 1.82) is 10.5 Å². The number of nitrogens with two attached hydrogens (primary N) is 1. The third kappa shape index (κ3) is 25.8. The third-order valence-electron chi connectivity index (χ3n) is 11.8. The number of nitriles is 2. The van der Waals surface area contributed by atoms with Gasteiger partial charge in [-0.2, -0.15) is 19.1 Å². The van der Waals surface area contributed by atoms with Crippen LogP contribution in [-0.4, -0.2) is 125 Å². The number of amides is 1. The van der Waals surface area contributed by atoms with Gasteiger partial charge >= 0.3 is 12.1 Å². The van der Waals surface area contributed by atoms with Crippen molar-refractivity contribution in [1.82, 2.24) is 13.9 Å². The fourth-order valence-electron chi connectivity index (χ4n) is 7.71. The molecular weight excluding hydrogens is 1060 g/mol. The number of sulfonamides is 2. The minimum Gasteiger partial charge on any atom is -0.497 e. The number of alkyl carbamates (subject to hydrolysis) is 1. The van der Waals surface area contributed by atoms with E-state index in [4.69, 9.17) is 30.5 Å². The van der Waals surface area contributed by atoms with Crippen molar-refractivity contribution in [3.63, 3.8) is 0 Å². The number of carbonyl (C=O) groups excluding carboxylic acids is 2. The molecule has 0 unspecified atom stereocenters. The van der Waals surface area contributed by atoms with Crippen molar-refractivity contribution in [2.45, 2.75) is 141 Å². The highest BCUT2D eigenvalue weighted by atomic mass is 35.5. The van der Waals surface area contributed by atoms with Crippen molar-refractivity contribution in [2.75, 3.05) is 47.0 Å². The molecule has 4 aromatic carbocycles. The molecule has 0 aliphatic carbocycles. The average molecular weight is 1140 g/mol. The Hall–Kier alpha value is -5.81. The van der Waals surface area contributed by atoms with Crippen LogP contribution in [0.15, 0.2) is 119 Å². The lowest BCUT2D eigenvalue weighted by Crippen LogP contribution is -2.52. The smallest absolute Gasteiger partial charge is 0.407 e. The molecule has 0 fully saturated rings. The van der Waals surface area contributed by atoms with Crippen LogP contribution in [0.3, 0.4) is 0 Å². The van der Waals surface area contributed by atoms with Crippen LogP contribution in [0.25, 0.3) is 0 Å². The summed E-state index contributed by atoms with van der Waals surface area (Å²) in [6, 6.07) is 33.8. The molecule has 5 N–H and O–H groups in total. The van der Waals surface area contributed by atoms with E-state index in [1.165, 1.54) is 54.0 Å². The zero-order chi connectivity index (χ0) is 58.0. The van der Waals surface area contributed by atoms with Gasteiger partial charge in [0.05, 0.1) is 61.0 Å². The van der Waals surface area contributed by atoms with Gasteiger partial charge in [-0.05, 0) is 124 Å². The Balaban J connectivity index is 0.000000707. The van der Waals surface area contributed by atoms with Crippen molar-refractivity contribution < 1.29 is 55.6 Å². The first-order valence-electron chi connectivity index (χ1n) is 25.4. The van der Waals surface area contributed by atoms with Gasteiger partial charge in [-0.1, -0.05) is 88.4 Å². The van der Waals surface area contributed by atoms with E-state index in [1.807, 2.05) is 88.4 Å². The predicted molar refractivity (Wildman–Crippen MR) is 304 cm³/mol. The van der Waals surface area contributed by atoms with Gasteiger partial charge in [-0.3, -0.25) is 4.79 Å². The zero-order valence-electron chi connectivity index (χ0n) is 47.0. The van der Waals surface area contributed by atoms with Crippen LogP contribution in [-0.2, 0) is 47.2 Å². The highest BCUT2D eigenvalue weighted by Crippen LogP contribution is 2.30. The van der Waals surface area contributed by atoms with Gasteiger partial charge in [0.1, 0.15) is 17.1 Å². The summed E-state index contributed by atoms with van der Waals surface area (Å²) in [4.78, 5) is 22.6. The Morgan fingerprint density at radius 2 is 1.04 bits per heavy atom. The molecule has 0 aliphatic heterocycles. The summed E-state index contributed by atoms with van der Waals surface area (Å²) in [6.45, 7) is 16.2. The maximum Gasteiger partial charge on any atom is 0.407 e. The summed E-state index contributed by atoms with van der Waals surface area (Å²) in [5.41, 5.74) is 6.30. The van der Waals surface area contributed by atoms with E-state index >= 15 is 0 Å². The summed E-state index contributed by atoms with van der Waals surface area (Å²) in [5, 5.41) is 43.0. The second-order valence-corrected chi connectivity index (χ2v) is 24.8. The molecule has 78 heavy (non-hydrogen) atoms. The quantitative estimate of drug-likeness (QED) is 0.0430. The number of rotatable bonds is 26. The van der Waals surface area contributed by atoms with Crippen LogP contribution in [0.1, 0.15) is 99.1 Å². The molecule has 0 saturated heterocycles. The Kier molecular flexibility index (Phi) is 30.2. The molecule has 4 aromatic rings. The molecule has 4 atom stereocenters. The maximum atomic E-state index is 13.8. The summed E-state index contributed by atoms with van der Waals surface area (Å²) >= 11 is 0. The molecule has 0 aromatic heterocycles. The fourth-order valence-corrected chi connectivity index (χ4v) is 11.0. The molecule has 0 aliphatic rings. The number of benzene rings is 4. The number of carbonyl (C=O) groups is 2. The van der Waals surface area contributed by atoms with E-state index in [-0.39, 0.29) is 67.2 Å². The Labute approximate surface area is 470 Å². The van der Waals surface area contributed by atoms with Gasteiger partial charge in [-0.15, -0.1) is 12.4 Å². The Morgan fingerprint density at radius 1 is 0.654 bits per heavy atom. The zero-order valence-corrected chi connectivity index (χ0v) is 49.5. The largest absolute Gasteiger partial charge is 0.497 e. The summed E-state index contributed by atoms with van der Waals surface area (Å²) in [6.07, 6.45) is -0.759. The van der Waals surface area contributed by atoms with Crippen LogP contribution in [0.5, 0.6) is 11.5 Å². The number of aliphatic hydroxyl groups excluding tert-OH is 2. The molecule has 0 bridgehead atoms. The standard InChI is InChI=1S/C29H41N3O6S.C24H33N3O4S.C4H8O2.ClH/c1-28(2,3)38-27(34)31-25(19-22-11-8-7-9-12-22)26(33)20-32(21-29(4,5)17-10-18-30)39(35,36)24-15-13-23(37-6)14-16-24;1-24(2,14-7-15-25)18-27(32(29,30)21-12-10-20(31-3)11-13-21)17-23(28)22(26)16-19-8-5-4-6-9-19;1-3-6-4(2)5;/h7-9,11-16,25-26,33H,10,17,19-21H2,1-6H3,(H,31,34);4-6,8-13,22-23,28H,7,14,16-18,26H2,1-3H3;3H2,1-2H3;1H/t25-,26+;22-,23+;;/m00../s1. The minimum atomic E-state index is -4.05. The maximum absolute atomic E-state index is 13.8. The van der Waals surface area contributed by atoms with E-state index in [0.717, 1.165) is 11.1 Å². The van der Waals surface area contributed by atoms with E-state index in [0.29, 0.717) is 43.8 Å². The second kappa shape index (κ2) is 33.6. The lowest BCUT2D eigenvalue weighted by molar-refractivity contribution is -0.140. The normalized spacial score (nSPS) is 13.3. The van der Waals surface area contributed by atoms with E-state index in [9.17, 15) is 36.6 Å². The van der Waals surface area contributed by atoms with E-state index < -0.39 is 66.9 Å².